The van der Waals surface area contributed by atoms with E-state index in [2.05, 4.69) is 5.32 Å². The second kappa shape index (κ2) is 6.63. The summed E-state index contributed by atoms with van der Waals surface area (Å²) >= 11 is 0. The molecule has 7 heteroatoms. The molecule has 0 radical (unpaired) electrons. The molecule has 0 fully saturated rings. The molecular weight excluding hydrogens is 370 g/mol. The second-order valence-electron chi connectivity index (χ2n) is 6.94. The van der Waals surface area contributed by atoms with Gasteiger partial charge in [-0.1, -0.05) is 30.3 Å². The van der Waals surface area contributed by atoms with Crippen molar-refractivity contribution >= 4 is 23.4 Å². The molecular formula is C22H17N3O4. The van der Waals surface area contributed by atoms with E-state index in [1.54, 1.807) is 53.4 Å². The normalized spacial score (nSPS) is 17.0. The summed E-state index contributed by atoms with van der Waals surface area (Å²) < 4.78 is 5.22. The molecule has 1 aromatic heterocycles. The molecule has 5 rings (SSSR count). The number of furan rings is 1. The van der Waals surface area contributed by atoms with Crippen LogP contribution in [0.2, 0.25) is 0 Å². The van der Waals surface area contributed by atoms with Gasteiger partial charge in [0.05, 0.1) is 24.1 Å². The molecule has 2 aliphatic rings. The molecule has 0 saturated heterocycles. The molecule has 7 nitrogen and oxygen atoms in total. The number of para-hydroxylation sites is 1. The van der Waals surface area contributed by atoms with Gasteiger partial charge in [0.1, 0.15) is 18.5 Å². The number of amides is 3. The smallest absolute Gasteiger partial charge is 0.260 e. The van der Waals surface area contributed by atoms with E-state index in [0.717, 1.165) is 5.56 Å². The van der Waals surface area contributed by atoms with Crippen molar-refractivity contribution in [2.24, 2.45) is 0 Å². The molecule has 2 aliphatic heterocycles. The highest BCUT2D eigenvalue weighted by atomic mass is 16.3. The van der Waals surface area contributed by atoms with Crippen molar-refractivity contribution in [2.45, 2.75) is 12.7 Å². The average molecular weight is 387 g/mol. The molecule has 0 bridgehead atoms. The lowest BCUT2D eigenvalue weighted by atomic mass is 10.0. The Labute approximate surface area is 166 Å². The van der Waals surface area contributed by atoms with Crippen LogP contribution in [0.15, 0.2) is 71.3 Å². The molecule has 1 N–H and O–H groups in total. The second-order valence-corrected chi connectivity index (χ2v) is 6.94. The van der Waals surface area contributed by atoms with Gasteiger partial charge < -0.3 is 14.6 Å². The van der Waals surface area contributed by atoms with Crippen LogP contribution in [-0.2, 0) is 11.3 Å². The summed E-state index contributed by atoms with van der Waals surface area (Å²) in [4.78, 5) is 42.0. The van der Waals surface area contributed by atoms with Gasteiger partial charge in [-0.2, -0.15) is 0 Å². The third-order valence-electron chi connectivity index (χ3n) is 5.24. The molecule has 0 spiro atoms. The first-order valence-electron chi connectivity index (χ1n) is 9.27. The first-order valence-corrected chi connectivity index (χ1v) is 9.27. The van der Waals surface area contributed by atoms with Crippen molar-refractivity contribution in [3.63, 3.8) is 0 Å². The van der Waals surface area contributed by atoms with Crippen LogP contribution in [-0.4, -0.2) is 29.2 Å². The Morgan fingerprint density at radius 2 is 1.69 bits per heavy atom. The first kappa shape index (κ1) is 17.2. The Kier molecular flexibility index (Phi) is 3.94. The fraction of sp³-hybridized carbons (Fsp3) is 0.136. The highest BCUT2D eigenvalue weighted by molar-refractivity contribution is 6.17. The van der Waals surface area contributed by atoms with E-state index in [1.807, 2.05) is 12.1 Å². The van der Waals surface area contributed by atoms with Gasteiger partial charge in [-0.15, -0.1) is 0 Å². The Morgan fingerprint density at radius 1 is 0.931 bits per heavy atom. The average Bonchev–Trinajstić information content (AvgIpc) is 3.37. The van der Waals surface area contributed by atoms with Crippen molar-refractivity contribution in [2.75, 3.05) is 11.4 Å². The van der Waals surface area contributed by atoms with Gasteiger partial charge in [0.2, 0.25) is 5.91 Å². The largest absolute Gasteiger partial charge is 0.467 e. The van der Waals surface area contributed by atoms with Crippen LogP contribution < -0.4 is 10.2 Å². The van der Waals surface area contributed by atoms with Crippen LogP contribution >= 0.6 is 0 Å². The lowest BCUT2D eigenvalue weighted by molar-refractivity contribution is -0.122. The van der Waals surface area contributed by atoms with Crippen LogP contribution in [0.4, 0.5) is 5.69 Å². The van der Waals surface area contributed by atoms with Crippen LogP contribution in [0.1, 0.15) is 38.2 Å². The quantitative estimate of drug-likeness (QED) is 0.746. The molecule has 2 aromatic carbocycles. The number of hydrogen-bond donors (Lipinski definition) is 1. The Hall–Kier alpha value is -3.87. The number of carbonyl (C=O) groups excluding carboxylic acids is 3. The summed E-state index contributed by atoms with van der Waals surface area (Å²) in [6, 6.07) is 17.7. The van der Waals surface area contributed by atoms with Crippen molar-refractivity contribution in [1.29, 1.82) is 0 Å². The van der Waals surface area contributed by atoms with Crippen LogP contribution in [0.25, 0.3) is 0 Å². The van der Waals surface area contributed by atoms with E-state index < -0.39 is 6.17 Å². The van der Waals surface area contributed by atoms with Gasteiger partial charge in [-0.25, -0.2) is 0 Å². The van der Waals surface area contributed by atoms with E-state index in [1.165, 1.54) is 11.2 Å². The summed E-state index contributed by atoms with van der Waals surface area (Å²) in [6.45, 7) is 0.0605. The number of anilines is 1. The number of benzene rings is 2. The fourth-order valence-electron chi connectivity index (χ4n) is 3.94. The van der Waals surface area contributed by atoms with Gasteiger partial charge in [0.25, 0.3) is 11.8 Å². The van der Waals surface area contributed by atoms with E-state index in [4.69, 9.17) is 4.42 Å². The standard InChI is InChI=1S/C22H17N3O4/c26-19(23-12-14-6-5-11-29-14)13-24-20-15-7-1-2-8-16(15)22(28)25(20)18-10-4-3-9-17(18)21(24)27/h1-11,20H,12-13H2,(H,23,26)/t20-/m1/s1. The summed E-state index contributed by atoms with van der Waals surface area (Å²) in [7, 11) is 0. The van der Waals surface area contributed by atoms with Gasteiger partial charge in [-0.3, -0.25) is 19.3 Å². The number of carbonyl (C=O) groups is 3. The topological polar surface area (TPSA) is 82.9 Å². The minimum Gasteiger partial charge on any atom is -0.467 e. The number of fused-ring (bicyclic) bond motifs is 5. The monoisotopic (exact) mass is 387 g/mol. The Morgan fingerprint density at radius 3 is 2.48 bits per heavy atom. The van der Waals surface area contributed by atoms with E-state index in [9.17, 15) is 14.4 Å². The highest BCUT2D eigenvalue weighted by Gasteiger charge is 2.47. The van der Waals surface area contributed by atoms with Crippen LogP contribution in [0, 0.1) is 0 Å². The molecule has 0 aliphatic carbocycles. The molecule has 29 heavy (non-hydrogen) atoms. The lowest BCUT2D eigenvalue weighted by Crippen LogP contribution is -2.51. The summed E-state index contributed by atoms with van der Waals surface area (Å²) in [5, 5.41) is 2.76. The Balaban J connectivity index is 1.50. The summed E-state index contributed by atoms with van der Waals surface area (Å²) in [5.74, 6) is -0.159. The van der Waals surface area contributed by atoms with Crippen molar-refractivity contribution < 1.29 is 18.8 Å². The number of rotatable bonds is 4. The van der Waals surface area contributed by atoms with E-state index >= 15 is 0 Å². The van der Waals surface area contributed by atoms with Crippen molar-refractivity contribution in [3.8, 4) is 0 Å². The van der Waals surface area contributed by atoms with Gasteiger partial charge >= 0.3 is 0 Å². The highest BCUT2D eigenvalue weighted by Crippen LogP contribution is 2.44. The fourth-order valence-corrected chi connectivity index (χ4v) is 3.94. The van der Waals surface area contributed by atoms with Crippen LogP contribution in [0.5, 0.6) is 0 Å². The third-order valence-corrected chi connectivity index (χ3v) is 5.24. The molecule has 0 saturated carbocycles. The summed E-state index contributed by atoms with van der Waals surface area (Å²) in [5.41, 5.74) is 2.24. The van der Waals surface area contributed by atoms with Gasteiger partial charge in [0.15, 0.2) is 0 Å². The zero-order chi connectivity index (χ0) is 20.0. The van der Waals surface area contributed by atoms with E-state index in [0.29, 0.717) is 22.6 Å². The number of nitrogens with one attached hydrogen (secondary N) is 1. The maximum absolute atomic E-state index is 13.2. The lowest BCUT2D eigenvalue weighted by Gasteiger charge is -2.40. The summed E-state index contributed by atoms with van der Waals surface area (Å²) in [6.07, 6.45) is 0.890. The zero-order valence-electron chi connectivity index (χ0n) is 15.4. The maximum atomic E-state index is 13.2. The SMILES string of the molecule is O=C(CN1C(=O)c2ccccc2N2C(=O)c3ccccc3[C@H]12)NCc1ccco1. The molecule has 3 amide bonds. The first-order chi connectivity index (χ1) is 14.1. The van der Waals surface area contributed by atoms with Crippen LogP contribution in [0.3, 0.4) is 0 Å². The molecule has 3 aromatic rings. The zero-order valence-corrected chi connectivity index (χ0v) is 15.4. The van der Waals surface area contributed by atoms with Crippen molar-refractivity contribution in [3.05, 3.63) is 89.4 Å². The number of nitrogens with zero attached hydrogens (tertiary/aromatic N) is 2. The predicted molar refractivity (Wildman–Crippen MR) is 104 cm³/mol. The Bertz CT molecular complexity index is 1120. The minimum atomic E-state index is -0.643. The van der Waals surface area contributed by atoms with Gasteiger partial charge in [-0.05, 0) is 30.3 Å². The molecule has 0 unspecified atom stereocenters. The van der Waals surface area contributed by atoms with Crippen molar-refractivity contribution in [1.82, 2.24) is 10.2 Å². The molecule has 3 heterocycles. The maximum Gasteiger partial charge on any atom is 0.260 e. The minimum absolute atomic E-state index is 0.170. The van der Waals surface area contributed by atoms with Gasteiger partial charge in [0, 0.05) is 11.1 Å². The third kappa shape index (κ3) is 2.70. The predicted octanol–water partition coefficient (Wildman–Crippen LogP) is 2.71. The van der Waals surface area contributed by atoms with E-state index in [-0.39, 0.29) is 30.8 Å². The number of hydrogen-bond acceptors (Lipinski definition) is 4. The molecule has 144 valence electrons. The molecule has 1 atom stereocenters.